The molecule has 100 valence electrons. The number of nitrogens with two attached hydrogens (primary N) is 1. The number of rotatable bonds is 3. The number of nitrogens with zero attached hydrogens (tertiary/aromatic N) is 4. The van der Waals surface area contributed by atoms with E-state index in [9.17, 15) is 0 Å². The largest absolute Gasteiger partial charge is 0.384 e. The highest BCUT2D eigenvalue weighted by atomic mass is 15.1. The van der Waals surface area contributed by atoms with E-state index in [0.29, 0.717) is 11.6 Å². The summed E-state index contributed by atoms with van der Waals surface area (Å²) in [6.07, 6.45) is 4.48. The first-order valence-electron chi connectivity index (χ1n) is 6.50. The molecule has 3 rings (SSSR count). The molecule has 0 saturated carbocycles. The van der Waals surface area contributed by atoms with E-state index in [2.05, 4.69) is 21.9 Å². The lowest BCUT2D eigenvalue weighted by atomic mass is 10.2. The molecule has 0 unspecified atom stereocenters. The van der Waals surface area contributed by atoms with Gasteiger partial charge in [-0.2, -0.15) is 0 Å². The van der Waals surface area contributed by atoms with Gasteiger partial charge in [-0.15, -0.1) is 0 Å². The zero-order chi connectivity index (χ0) is 13.9. The lowest BCUT2D eigenvalue weighted by Crippen LogP contribution is -2.05. The van der Waals surface area contributed by atoms with Gasteiger partial charge in [0.25, 0.3) is 0 Å². The lowest BCUT2D eigenvalue weighted by Gasteiger charge is -2.08. The van der Waals surface area contributed by atoms with Gasteiger partial charge in [0.1, 0.15) is 17.5 Å². The number of aryl methyl sites for hydroxylation is 1. The molecule has 2 N–H and O–H groups in total. The summed E-state index contributed by atoms with van der Waals surface area (Å²) < 4.78 is 1.94. The minimum absolute atomic E-state index is 0.449. The summed E-state index contributed by atoms with van der Waals surface area (Å²) in [6.45, 7) is 2.06. The normalized spacial score (nSPS) is 10.7. The second kappa shape index (κ2) is 5.13. The molecule has 2 heterocycles. The molecule has 5 nitrogen and oxygen atoms in total. The Hall–Kier alpha value is -2.69. The van der Waals surface area contributed by atoms with Gasteiger partial charge in [-0.25, -0.2) is 15.0 Å². The third-order valence-corrected chi connectivity index (χ3v) is 3.04. The van der Waals surface area contributed by atoms with Crippen molar-refractivity contribution < 1.29 is 0 Å². The van der Waals surface area contributed by atoms with Crippen LogP contribution in [-0.2, 0) is 6.42 Å². The predicted molar refractivity (Wildman–Crippen MR) is 78.4 cm³/mol. The molecular formula is C15H15N5. The number of anilines is 1. The van der Waals surface area contributed by atoms with Crippen LogP contribution < -0.4 is 5.73 Å². The van der Waals surface area contributed by atoms with Crippen molar-refractivity contribution in [2.24, 2.45) is 0 Å². The first-order valence-corrected chi connectivity index (χ1v) is 6.50. The summed E-state index contributed by atoms with van der Waals surface area (Å²) in [5.41, 5.74) is 6.85. The van der Waals surface area contributed by atoms with Gasteiger partial charge in [-0.3, -0.25) is 4.57 Å². The fourth-order valence-electron chi connectivity index (χ4n) is 2.10. The first-order chi connectivity index (χ1) is 9.78. The zero-order valence-corrected chi connectivity index (χ0v) is 11.2. The number of hydrogen-bond acceptors (Lipinski definition) is 4. The highest BCUT2D eigenvalue weighted by molar-refractivity contribution is 5.58. The van der Waals surface area contributed by atoms with Crippen LogP contribution in [-0.4, -0.2) is 19.5 Å². The molecule has 0 aliphatic rings. The van der Waals surface area contributed by atoms with E-state index in [1.807, 2.05) is 41.1 Å². The molecule has 0 radical (unpaired) electrons. The maximum Gasteiger partial charge on any atom is 0.163 e. The zero-order valence-electron chi connectivity index (χ0n) is 11.2. The summed E-state index contributed by atoms with van der Waals surface area (Å²) >= 11 is 0. The Labute approximate surface area is 117 Å². The summed E-state index contributed by atoms with van der Waals surface area (Å²) in [5, 5.41) is 0. The second-order valence-corrected chi connectivity index (χ2v) is 4.41. The molecule has 5 heteroatoms. The molecule has 0 aliphatic carbocycles. The van der Waals surface area contributed by atoms with Crippen molar-refractivity contribution in [2.45, 2.75) is 13.3 Å². The van der Waals surface area contributed by atoms with E-state index < -0.39 is 0 Å². The third-order valence-electron chi connectivity index (χ3n) is 3.04. The summed E-state index contributed by atoms with van der Waals surface area (Å²) in [6, 6.07) is 11.6. The van der Waals surface area contributed by atoms with Crippen LogP contribution in [0.2, 0.25) is 0 Å². The molecule has 0 atom stereocenters. The topological polar surface area (TPSA) is 69.6 Å². The number of aromatic nitrogens is 4. The molecule has 3 aromatic rings. The number of hydrogen-bond donors (Lipinski definition) is 1. The van der Waals surface area contributed by atoms with Crippen LogP contribution in [0.5, 0.6) is 0 Å². The fourth-order valence-corrected chi connectivity index (χ4v) is 2.10. The quantitative estimate of drug-likeness (QED) is 0.789. The van der Waals surface area contributed by atoms with Gasteiger partial charge in [-0.05, 0) is 0 Å². The van der Waals surface area contributed by atoms with E-state index in [1.54, 1.807) is 12.3 Å². The van der Waals surface area contributed by atoms with E-state index in [-0.39, 0.29) is 0 Å². The Morgan fingerprint density at radius 2 is 1.95 bits per heavy atom. The van der Waals surface area contributed by atoms with Gasteiger partial charge in [0.15, 0.2) is 5.82 Å². The smallest absolute Gasteiger partial charge is 0.163 e. The Balaban J connectivity index is 2.12. The molecule has 0 bridgehead atoms. The molecule has 0 amide bonds. The minimum atomic E-state index is 0.449. The Kier molecular flexibility index (Phi) is 3.16. The Morgan fingerprint density at radius 3 is 2.70 bits per heavy atom. The van der Waals surface area contributed by atoms with Gasteiger partial charge in [0, 0.05) is 30.4 Å². The van der Waals surface area contributed by atoms with Crippen molar-refractivity contribution in [1.82, 2.24) is 19.5 Å². The van der Waals surface area contributed by atoms with Crippen molar-refractivity contribution in [3.63, 3.8) is 0 Å². The van der Waals surface area contributed by atoms with Gasteiger partial charge < -0.3 is 5.73 Å². The fraction of sp³-hybridized carbons (Fsp3) is 0.133. The first kappa shape index (κ1) is 12.3. The molecule has 1 aromatic carbocycles. The van der Waals surface area contributed by atoms with Crippen LogP contribution in [0.1, 0.15) is 12.7 Å². The van der Waals surface area contributed by atoms with E-state index in [0.717, 1.165) is 23.6 Å². The van der Waals surface area contributed by atoms with Gasteiger partial charge >= 0.3 is 0 Å². The van der Waals surface area contributed by atoms with Crippen LogP contribution in [0, 0.1) is 0 Å². The maximum atomic E-state index is 5.91. The summed E-state index contributed by atoms with van der Waals surface area (Å²) in [5.74, 6) is 2.76. The Morgan fingerprint density at radius 1 is 1.15 bits per heavy atom. The Bertz CT molecular complexity index is 718. The van der Waals surface area contributed by atoms with Crippen molar-refractivity contribution in [3.8, 4) is 17.2 Å². The van der Waals surface area contributed by atoms with Crippen LogP contribution >= 0.6 is 0 Å². The van der Waals surface area contributed by atoms with Crippen molar-refractivity contribution in [2.75, 3.05) is 5.73 Å². The average Bonchev–Trinajstić information content (AvgIpc) is 2.96. The van der Waals surface area contributed by atoms with Crippen molar-refractivity contribution in [1.29, 1.82) is 0 Å². The van der Waals surface area contributed by atoms with E-state index in [1.165, 1.54) is 0 Å². The molecule has 0 aliphatic heterocycles. The second-order valence-electron chi connectivity index (χ2n) is 4.41. The number of nitrogen functional groups attached to an aromatic ring is 1. The molecular weight excluding hydrogens is 250 g/mol. The van der Waals surface area contributed by atoms with Crippen LogP contribution in [0.3, 0.4) is 0 Å². The number of imidazole rings is 1. The van der Waals surface area contributed by atoms with E-state index >= 15 is 0 Å². The van der Waals surface area contributed by atoms with E-state index in [4.69, 9.17) is 5.73 Å². The minimum Gasteiger partial charge on any atom is -0.384 e. The summed E-state index contributed by atoms with van der Waals surface area (Å²) in [4.78, 5) is 13.2. The standard InChI is InChI=1S/C15H15N5/c1-2-13-17-8-9-20(13)14-10-12(16)18-15(19-14)11-6-4-3-5-7-11/h3-10H,2H2,1H3,(H2,16,18,19). The highest BCUT2D eigenvalue weighted by Gasteiger charge is 2.09. The maximum absolute atomic E-state index is 5.91. The van der Waals surface area contributed by atoms with Crippen molar-refractivity contribution in [3.05, 3.63) is 54.6 Å². The SMILES string of the molecule is CCc1nccn1-c1cc(N)nc(-c2ccccc2)n1. The average molecular weight is 265 g/mol. The predicted octanol–water partition coefficient (Wildman–Crippen LogP) is 2.47. The highest BCUT2D eigenvalue weighted by Crippen LogP contribution is 2.19. The van der Waals surface area contributed by atoms with Gasteiger partial charge in [0.05, 0.1) is 0 Å². The van der Waals surface area contributed by atoms with Crippen LogP contribution in [0.15, 0.2) is 48.8 Å². The van der Waals surface area contributed by atoms with Gasteiger partial charge in [0.2, 0.25) is 0 Å². The number of benzene rings is 1. The third kappa shape index (κ3) is 2.25. The van der Waals surface area contributed by atoms with Crippen LogP contribution in [0.25, 0.3) is 17.2 Å². The molecule has 2 aromatic heterocycles. The monoisotopic (exact) mass is 265 g/mol. The van der Waals surface area contributed by atoms with Gasteiger partial charge in [-0.1, -0.05) is 37.3 Å². The molecule has 20 heavy (non-hydrogen) atoms. The van der Waals surface area contributed by atoms with Crippen molar-refractivity contribution >= 4 is 5.82 Å². The molecule has 0 fully saturated rings. The summed E-state index contributed by atoms with van der Waals surface area (Å²) in [7, 11) is 0. The lowest BCUT2D eigenvalue weighted by molar-refractivity contribution is 0.864. The molecule has 0 spiro atoms. The van der Waals surface area contributed by atoms with Crippen LogP contribution in [0.4, 0.5) is 5.82 Å². The molecule has 0 saturated heterocycles.